The summed E-state index contributed by atoms with van der Waals surface area (Å²) in [7, 11) is 3.73. The van der Waals surface area contributed by atoms with Gasteiger partial charge in [-0.25, -0.2) is 4.99 Å². The normalized spacial score (nSPS) is 11.4. The Morgan fingerprint density at radius 1 is 0.897 bits per heavy atom. The minimum Gasteiger partial charge on any atom is -1.00 e. The molecule has 0 unspecified atom stereocenters. The topological polar surface area (TPSA) is 136 Å². The first-order valence-corrected chi connectivity index (χ1v) is 8.62. The molecule has 0 saturated carbocycles. The number of anilines is 3. The number of hydrogen-bond acceptors (Lipinski definition) is 5. The van der Waals surface area contributed by atoms with Gasteiger partial charge >= 0.3 is 0 Å². The fraction of sp³-hybridized carbons (Fsp3) is 0.105. The molecule has 0 aliphatic rings. The van der Waals surface area contributed by atoms with Crippen LogP contribution in [-0.4, -0.2) is 16.2 Å². The lowest BCUT2D eigenvalue weighted by Gasteiger charge is -2.07. The summed E-state index contributed by atoms with van der Waals surface area (Å²) in [5.74, 6) is 0.257. The van der Waals surface area contributed by atoms with Gasteiger partial charge in [0.15, 0.2) is 20.1 Å². The summed E-state index contributed by atoms with van der Waals surface area (Å²) >= 11 is 0. The van der Waals surface area contributed by atoms with E-state index in [1.165, 1.54) is 0 Å². The van der Waals surface area contributed by atoms with Crippen molar-refractivity contribution in [3.05, 3.63) is 48.8 Å². The molecular weight excluding hydrogens is 481 g/mol. The standard InChI is InChI=1S/C19H19N9.HI/c1-27-17-5-3-11(7-13(17)15(20)9-23-27)25-19(22)26-12-4-6-18-14(8-12)16(21)10-24-28(18)2;/h3-10,20-21H,1-2H3,(H3,22,25,26);1H/p+1. The second kappa shape index (κ2) is 7.99. The zero-order valence-corrected chi connectivity index (χ0v) is 18.1. The Bertz CT molecular complexity index is 1250. The van der Waals surface area contributed by atoms with Crippen LogP contribution in [0.4, 0.5) is 22.7 Å². The molecule has 2 heterocycles. The zero-order chi connectivity index (χ0) is 19.8. The monoisotopic (exact) mass is 502 g/mol. The third-order valence-electron chi connectivity index (χ3n) is 4.56. The molecule has 4 rings (SSSR count). The van der Waals surface area contributed by atoms with Gasteiger partial charge < -0.3 is 46.5 Å². The highest BCUT2D eigenvalue weighted by Gasteiger charge is 2.12. The lowest BCUT2D eigenvalue weighted by Crippen LogP contribution is -3.00. The van der Waals surface area contributed by atoms with E-state index in [-0.39, 0.29) is 29.9 Å². The zero-order valence-electron chi connectivity index (χ0n) is 16.0. The second-order valence-electron chi connectivity index (χ2n) is 6.50. The fourth-order valence-electron chi connectivity index (χ4n) is 3.11. The van der Waals surface area contributed by atoms with Crippen molar-refractivity contribution >= 4 is 50.5 Å². The number of benzene rings is 2. The van der Waals surface area contributed by atoms with Gasteiger partial charge in [0.2, 0.25) is 11.0 Å². The third-order valence-corrected chi connectivity index (χ3v) is 4.56. The van der Waals surface area contributed by atoms with Gasteiger partial charge in [0, 0.05) is 17.8 Å². The van der Waals surface area contributed by atoms with Crippen LogP contribution in [0.3, 0.4) is 0 Å². The molecule has 2 aromatic carbocycles. The van der Waals surface area contributed by atoms with Crippen molar-refractivity contribution in [2.24, 2.45) is 24.8 Å². The number of aliphatic imine (C=N–C) groups is 1. The third kappa shape index (κ3) is 3.97. The quantitative estimate of drug-likeness (QED) is 0.105. The van der Waals surface area contributed by atoms with E-state index in [9.17, 15) is 0 Å². The molecule has 0 saturated heterocycles. The summed E-state index contributed by atoms with van der Waals surface area (Å²) in [5, 5.41) is 13.2. The van der Waals surface area contributed by atoms with Crippen LogP contribution < -0.4 is 55.9 Å². The Morgan fingerprint density at radius 3 is 2.07 bits per heavy atom. The second-order valence-corrected chi connectivity index (χ2v) is 6.50. The number of fused-ring (bicyclic) bond motifs is 2. The number of nitrogens with one attached hydrogen (secondary N) is 1. The predicted octanol–water partition coefficient (Wildman–Crippen LogP) is -2.34. The first-order valence-electron chi connectivity index (χ1n) is 8.62. The van der Waals surface area contributed by atoms with Crippen LogP contribution in [0.5, 0.6) is 0 Å². The number of aromatic nitrogens is 4. The minimum atomic E-state index is 0. The van der Waals surface area contributed by atoms with Crippen LogP contribution in [-0.2, 0) is 14.1 Å². The number of nitrogens with two attached hydrogens (primary N) is 3. The van der Waals surface area contributed by atoms with Gasteiger partial charge in [-0.1, -0.05) is 9.36 Å². The highest BCUT2D eigenvalue weighted by Crippen LogP contribution is 2.24. The number of hydrogen-bond donors (Lipinski definition) is 4. The van der Waals surface area contributed by atoms with E-state index in [1.807, 2.05) is 50.5 Å². The number of nitrogen functional groups attached to an aromatic ring is 2. The van der Waals surface area contributed by atoms with E-state index in [0.29, 0.717) is 17.1 Å². The molecule has 0 spiro atoms. The van der Waals surface area contributed by atoms with Gasteiger partial charge in [0.05, 0.1) is 27.8 Å². The molecule has 0 bridgehead atoms. The van der Waals surface area contributed by atoms with E-state index in [2.05, 4.69) is 20.5 Å². The molecule has 0 aliphatic carbocycles. The largest absolute Gasteiger partial charge is 1.00 e. The Labute approximate surface area is 184 Å². The van der Waals surface area contributed by atoms with Crippen molar-refractivity contribution in [2.45, 2.75) is 0 Å². The van der Waals surface area contributed by atoms with Crippen molar-refractivity contribution in [1.29, 1.82) is 0 Å². The molecule has 148 valence electrons. The molecule has 0 aliphatic heterocycles. The van der Waals surface area contributed by atoms with Gasteiger partial charge in [-0.2, -0.15) is 0 Å². The molecule has 7 N–H and O–H groups in total. The van der Waals surface area contributed by atoms with E-state index >= 15 is 0 Å². The van der Waals surface area contributed by atoms with Gasteiger partial charge in [-0.05, 0) is 34.5 Å². The SMILES string of the molecule is C[n+]1ncc(N)c2cc(N=C(N)Nc3ccc4c(c3)c(N)cn[n+]4C)ccc21.[I-]. The molecule has 9 nitrogen and oxygen atoms in total. The van der Waals surface area contributed by atoms with Crippen LogP contribution in [0.25, 0.3) is 21.8 Å². The lowest BCUT2D eigenvalue weighted by molar-refractivity contribution is -0.705. The molecule has 0 radical (unpaired) electrons. The van der Waals surface area contributed by atoms with Crippen LogP contribution in [0.15, 0.2) is 53.8 Å². The van der Waals surface area contributed by atoms with Gasteiger partial charge in [0.1, 0.15) is 12.4 Å². The maximum Gasteiger partial charge on any atom is 0.241 e. The van der Waals surface area contributed by atoms with E-state index in [0.717, 1.165) is 27.5 Å². The first kappa shape index (κ1) is 20.5. The molecule has 0 atom stereocenters. The number of halogens is 1. The number of aryl methyl sites for hydroxylation is 2. The summed E-state index contributed by atoms with van der Waals surface area (Å²) in [5.41, 5.74) is 22.7. The molecule has 0 fully saturated rings. The Hall–Kier alpha value is -3.28. The van der Waals surface area contributed by atoms with Crippen LogP contribution in [0, 0.1) is 0 Å². The van der Waals surface area contributed by atoms with Crippen molar-refractivity contribution in [2.75, 3.05) is 16.8 Å². The summed E-state index contributed by atoms with van der Waals surface area (Å²) < 4.78 is 3.52. The minimum absolute atomic E-state index is 0. The van der Waals surface area contributed by atoms with Gasteiger partial charge in [-0.3, -0.25) is 0 Å². The molecule has 4 aromatic rings. The average Bonchev–Trinajstić information content (AvgIpc) is 2.68. The molecule has 29 heavy (non-hydrogen) atoms. The van der Waals surface area contributed by atoms with Gasteiger partial charge in [0.25, 0.3) is 0 Å². The maximum absolute atomic E-state index is 6.10. The van der Waals surface area contributed by atoms with Crippen LogP contribution >= 0.6 is 0 Å². The van der Waals surface area contributed by atoms with Crippen molar-refractivity contribution in [3.8, 4) is 0 Å². The number of nitrogens with zero attached hydrogens (tertiary/aromatic N) is 5. The Balaban J connectivity index is 0.00000240. The smallest absolute Gasteiger partial charge is 0.241 e. The lowest BCUT2D eigenvalue weighted by atomic mass is 10.2. The highest BCUT2D eigenvalue weighted by molar-refractivity contribution is 5.98. The van der Waals surface area contributed by atoms with Crippen molar-refractivity contribution < 1.29 is 33.3 Å². The first-order chi connectivity index (χ1) is 13.4. The number of rotatable bonds is 2. The summed E-state index contributed by atoms with van der Waals surface area (Å²) in [4.78, 5) is 4.44. The number of guanidine groups is 1. The average molecular weight is 502 g/mol. The van der Waals surface area contributed by atoms with E-state index in [4.69, 9.17) is 17.2 Å². The van der Waals surface area contributed by atoms with Crippen LogP contribution in [0.2, 0.25) is 0 Å². The Kier molecular flexibility index (Phi) is 5.64. The molecule has 10 heteroatoms. The van der Waals surface area contributed by atoms with E-state index in [1.54, 1.807) is 21.8 Å². The molecule has 2 aromatic heterocycles. The maximum atomic E-state index is 6.10. The van der Waals surface area contributed by atoms with Crippen LogP contribution in [0.1, 0.15) is 0 Å². The van der Waals surface area contributed by atoms with Gasteiger partial charge in [-0.15, -0.1) is 0 Å². The molecular formula is C19H21IN9+. The predicted molar refractivity (Wildman–Crippen MR) is 110 cm³/mol. The summed E-state index contributed by atoms with van der Waals surface area (Å²) in [6.45, 7) is 0. The Morgan fingerprint density at radius 2 is 1.45 bits per heavy atom. The fourth-order valence-corrected chi connectivity index (χ4v) is 3.11. The summed E-state index contributed by atoms with van der Waals surface area (Å²) in [6, 6.07) is 11.4. The van der Waals surface area contributed by atoms with Crippen molar-refractivity contribution in [3.63, 3.8) is 0 Å². The molecule has 0 amide bonds. The summed E-state index contributed by atoms with van der Waals surface area (Å²) in [6.07, 6.45) is 3.24. The van der Waals surface area contributed by atoms with E-state index < -0.39 is 0 Å². The highest BCUT2D eigenvalue weighted by atomic mass is 127. The van der Waals surface area contributed by atoms with Crippen molar-refractivity contribution in [1.82, 2.24) is 10.2 Å².